The van der Waals surface area contributed by atoms with Gasteiger partial charge in [-0.3, -0.25) is 4.79 Å². The summed E-state index contributed by atoms with van der Waals surface area (Å²) in [6.07, 6.45) is 8.04. The first kappa shape index (κ1) is 10.3. The van der Waals surface area contributed by atoms with Crippen molar-refractivity contribution in [3.05, 3.63) is 12.2 Å². The molecular formula is C9H15FO. The van der Waals surface area contributed by atoms with E-state index in [9.17, 15) is 9.18 Å². The number of rotatable bonds is 6. The maximum absolute atomic E-state index is 11.6. The molecule has 0 amide bonds. The van der Waals surface area contributed by atoms with Gasteiger partial charge in [0.15, 0.2) is 0 Å². The van der Waals surface area contributed by atoms with Gasteiger partial charge in [-0.05, 0) is 12.8 Å². The number of carbonyl (C=O) groups is 1. The highest BCUT2D eigenvalue weighted by molar-refractivity contribution is 5.80. The molecule has 0 aliphatic carbocycles. The summed E-state index contributed by atoms with van der Waals surface area (Å²) in [5, 5.41) is 0. The van der Waals surface area contributed by atoms with Gasteiger partial charge in [-0.25, -0.2) is 0 Å². The van der Waals surface area contributed by atoms with Gasteiger partial charge in [0, 0.05) is 6.08 Å². The molecular weight excluding hydrogens is 143 g/mol. The number of halogens is 1. The Bertz CT molecular complexity index is 130. The van der Waals surface area contributed by atoms with E-state index in [4.69, 9.17) is 0 Å². The van der Waals surface area contributed by atoms with Gasteiger partial charge in [-0.2, -0.15) is 4.39 Å². The zero-order valence-corrected chi connectivity index (χ0v) is 6.98. The van der Waals surface area contributed by atoms with Crippen LogP contribution in [0.2, 0.25) is 0 Å². The van der Waals surface area contributed by atoms with Gasteiger partial charge in [-0.1, -0.05) is 32.3 Å². The van der Waals surface area contributed by atoms with Crippen molar-refractivity contribution in [2.45, 2.75) is 39.0 Å². The molecule has 0 unspecified atom stereocenters. The zero-order chi connectivity index (χ0) is 8.53. The van der Waals surface area contributed by atoms with Crippen LogP contribution in [0.25, 0.3) is 0 Å². The van der Waals surface area contributed by atoms with Crippen molar-refractivity contribution < 1.29 is 9.18 Å². The third-order valence-electron chi connectivity index (χ3n) is 1.47. The minimum Gasteiger partial charge on any atom is -0.256 e. The van der Waals surface area contributed by atoms with E-state index in [1.54, 1.807) is 6.08 Å². The lowest BCUT2D eigenvalue weighted by Crippen LogP contribution is -1.78. The first-order chi connectivity index (χ1) is 5.27. The highest BCUT2D eigenvalue weighted by atomic mass is 19.1. The smallest absolute Gasteiger partial charge is 0.256 e. The van der Waals surface area contributed by atoms with Gasteiger partial charge in [0.25, 0.3) is 0 Å². The summed E-state index contributed by atoms with van der Waals surface area (Å²) in [5.41, 5.74) is 0. The van der Waals surface area contributed by atoms with Gasteiger partial charge in [0.05, 0.1) is 0 Å². The highest BCUT2D eigenvalue weighted by Crippen LogP contribution is 2.02. The molecule has 0 saturated carbocycles. The van der Waals surface area contributed by atoms with Crippen molar-refractivity contribution >= 4 is 6.04 Å². The van der Waals surface area contributed by atoms with Crippen LogP contribution in [0, 0.1) is 0 Å². The van der Waals surface area contributed by atoms with Crippen LogP contribution in [0.4, 0.5) is 4.39 Å². The maximum Gasteiger partial charge on any atom is 0.324 e. The van der Waals surface area contributed by atoms with E-state index in [0.29, 0.717) is 0 Å². The maximum atomic E-state index is 11.6. The van der Waals surface area contributed by atoms with E-state index in [1.807, 2.05) is 0 Å². The fourth-order valence-corrected chi connectivity index (χ4v) is 0.865. The molecule has 1 nitrogen and oxygen atoms in total. The molecule has 0 heterocycles. The van der Waals surface area contributed by atoms with Crippen LogP contribution in [-0.2, 0) is 4.79 Å². The normalized spacial score (nSPS) is 10.7. The van der Waals surface area contributed by atoms with Crippen LogP contribution in [0.15, 0.2) is 12.2 Å². The molecule has 0 bridgehead atoms. The third-order valence-corrected chi connectivity index (χ3v) is 1.47. The van der Waals surface area contributed by atoms with Gasteiger partial charge in [0.2, 0.25) is 0 Å². The molecule has 0 aliphatic rings. The molecule has 0 aromatic heterocycles. The fraction of sp³-hybridized carbons (Fsp3) is 0.667. The van der Waals surface area contributed by atoms with E-state index in [2.05, 4.69) is 6.92 Å². The summed E-state index contributed by atoms with van der Waals surface area (Å²) < 4.78 is 11.6. The molecule has 0 N–H and O–H groups in total. The van der Waals surface area contributed by atoms with Crippen molar-refractivity contribution in [1.82, 2.24) is 0 Å². The van der Waals surface area contributed by atoms with Crippen molar-refractivity contribution in [3.63, 3.8) is 0 Å². The quantitative estimate of drug-likeness (QED) is 0.330. The molecule has 0 fully saturated rings. The second-order valence-electron chi connectivity index (χ2n) is 2.56. The minimum absolute atomic E-state index is 0.815. The second kappa shape index (κ2) is 7.45. The summed E-state index contributed by atoms with van der Waals surface area (Å²) in [4.78, 5) is 9.78. The molecule has 0 saturated heterocycles. The molecule has 64 valence electrons. The fourth-order valence-electron chi connectivity index (χ4n) is 0.865. The summed E-state index contributed by atoms with van der Waals surface area (Å²) in [6.45, 7) is 2.14. The van der Waals surface area contributed by atoms with E-state index in [-0.39, 0.29) is 0 Å². The Balaban J connectivity index is 3.07. The lowest BCUT2D eigenvalue weighted by molar-refractivity contribution is -0.124. The van der Waals surface area contributed by atoms with Gasteiger partial charge >= 0.3 is 6.04 Å². The Morgan fingerprint density at radius 1 is 1.36 bits per heavy atom. The summed E-state index contributed by atoms with van der Waals surface area (Å²) in [7, 11) is 0. The van der Waals surface area contributed by atoms with Crippen LogP contribution in [0.3, 0.4) is 0 Å². The van der Waals surface area contributed by atoms with Crippen LogP contribution in [0.5, 0.6) is 0 Å². The first-order valence-electron chi connectivity index (χ1n) is 4.13. The van der Waals surface area contributed by atoms with Crippen LogP contribution >= 0.6 is 0 Å². The number of hydrogen-bond donors (Lipinski definition) is 0. The highest BCUT2D eigenvalue weighted by Gasteiger charge is 1.87. The molecule has 0 aliphatic heterocycles. The summed E-state index contributed by atoms with van der Waals surface area (Å²) in [5.74, 6) is 0. The lowest BCUT2D eigenvalue weighted by atomic mass is 10.1. The standard InChI is InChI=1S/C9H15FO/c1-2-3-4-5-6-7-8-9(10)11/h7-8H,2-6H2,1H3/b8-7+. The average molecular weight is 158 g/mol. The molecule has 0 spiro atoms. The van der Waals surface area contributed by atoms with E-state index < -0.39 is 6.04 Å². The average Bonchev–Trinajstić information content (AvgIpc) is 1.96. The van der Waals surface area contributed by atoms with Gasteiger partial charge < -0.3 is 0 Å². The minimum atomic E-state index is -1.35. The monoisotopic (exact) mass is 158 g/mol. The van der Waals surface area contributed by atoms with Crippen molar-refractivity contribution in [3.8, 4) is 0 Å². The first-order valence-corrected chi connectivity index (χ1v) is 4.13. The number of unbranched alkanes of at least 4 members (excludes halogenated alkanes) is 4. The third kappa shape index (κ3) is 9.34. The van der Waals surface area contributed by atoms with E-state index >= 15 is 0 Å². The molecule has 0 rings (SSSR count). The molecule has 0 aromatic rings. The lowest BCUT2D eigenvalue weighted by Gasteiger charge is -1.92. The predicted molar refractivity (Wildman–Crippen MR) is 44.0 cm³/mol. The van der Waals surface area contributed by atoms with Crippen molar-refractivity contribution in [2.24, 2.45) is 0 Å². The number of hydrogen-bond acceptors (Lipinski definition) is 1. The molecule has 2 heteroatoms. The largest absolute Gasteiger partial charge is 0.324 e. The second-order valence-corrected chi connectivity index (χ2v) is 2.56. The van der Waals surface area contributed by atoms with E-state index in [1.165, 1.54) is 19.3 Å². The predicted octanol–water partition coefficient (Wildman–Crippen LogP) is 3.01. The van der Waals surface area contributed by atoms with Crippen molar-refractivity contribution in [2.75, 3.05) is 0 Å². The summed E-state index contributed by atoms with van der Waals surface area (Å²) in [6, 6.07) is -1.35. The Morgan fingerprint density at radius 2 is 2.09 bits per heavy atom. The van der Waals surface area contributed by atoms with E-state index in [0.717, 1.165) is 18.9 Å². The Kier molecular flexibility index (Phi) is 7.00. The van der Waals surface area contributed by atoms with Gasteiger partial charge in [-0.15, -0.1) is 0 Å². The molecule has 0 radical (unpaired) electrons. The topological polar surface area (TPSA) is 17.1 Å². The molecule has 11 heavy (non-hydrogen) atoms. The van der Waals surface area contributed by atoms with Gasteiger partial charge in [0.1, 0.15) is 0 Å². The Labute approximate surface area is 67.3 Å². The van der Waals surface area contributed by atoms with Crippen LogP contribution in [-0.4, -0.2) is 6.04 Å². The zero-order valence-electron chi connectivity index (χ0n) is 6.98. The molecule has 0 aromatic carbocycles. The van der Waals surface area contributed by atoms with Crippen LogP contribution < -0.4 is 0 Å². The Hall–Kier alpha value is -0.660. The SMILES string of the molecule is CCCCCC/C=C/C(=O)F. The number of allylic oxidation sites excluding steroid dienone is 2. The van der Waals surface area contributed by atoms with Crippen molar-refractivity contribution in [1.29, 1.82) is 0 Å². The van der Waals surface area contributed by atoms with Crippen LogP contribution in [0.1, 0.15) is 39.0 Å². The number of carbonyl (C=O) groups excluding carboxylic acids is 1. The molecule has 0 atom stereocenters. The Morgan fingerprint density at radius 3 is 2.64 bits per heavy atom. The summed E-state index contributed by atoms with van der Waals surface area (Å²) >= 11 is 0.